The number of hydrogen-bond acceptors (Lipinski definition) is 4. The molecule has 2 aromatic heterocycles. The fourth-order valence-corrected chi connectivity index (χ4v) is 2.09. The van der Waals surface area contributed by atoms with Crippen molar-refractivity contribution in [2.45, 2.75) is 20.4 Å². The molecule has 5 heteroatoms. The van der Waals surface area contributed by atoms with Crippen molar-refractivity contribution in [1.29, 1.82) is 0 Å². The van der Waals surface area contributed by atoms with Crippen LogP contribution in [0.1, 0.15) is 27.2 Å². The van der Waals surface area contributed by atoms with Crippen LogP contribution in [0.5, 0.6) is 0 Å². The van der Waals surface area contributed by atoms with Gasteiger partial charge in [-0.25, -0.2) is 9.78 Å². The quantitative estimate of drug-likeness (QED) is 0.915. The van der Waals surface area contributed by atoms with Gasteiger partial charge in [-0.3, -0.25) is 0 Å². The number of aromatic carboxylic acids is 1. The van der Waals surface area contributed by atoms with E-state index in [1.54, 1.807) is 25.5 Å². The highest BCUT2D eigenvalue weighted by molar-refractivity contribution is 5.95. The minimum atomic E-state index is -0.959. The fourth-order valence-electron chi connectivity index (χ4n) is 2.09. The van der Waals surface area contributed by atoms with E-state index in [1.165, 1.54) is 0 Å². The monoisotopic (exact) mass is 260 g/mol. The lowest BCUT2D eigenvalue weighted by molar-refractivity contribution is 0.0696. The van der Waals surface area contributed by atoms with Crippen LogP contribution in [-0.2, 0) is 6.54 Å². The van der Waals surface area contributed by atoms with Crippen molar-refractivity contribution < 1.29 is 14.3 Å². The zero-order chi connectivity index (χ0) is 14.0. The summed E-state index contributed by atoms with van der Waals surface area (Å²) in [5, 5.41) is 9.33. The number of carbonyl (C=O) groups is 1. The normalized spacial score (nSPS) is 10.5. The summed E-state index contributed by atoms with van der Waals surface area (Å²) in [7, 11) is 1.82. The van der Waals surface area contributed by atoms with Crippen molar-refractivity contribution in [3.05, 3.63) is 47.0 Å². The Balaban J connectivity index is 2.40. The van der Waals surface area contributed by atoms with Gasteiger partial charge < -0.3 is 14.4 Å². The molecule has 100 valence electrons. The molecule has 2 heterocycles. The lowest BCUT2D eigenvalue weighted by Gasteiger charge is -2.21. The van der Waals surface area contributed by atoms with E-state index in [9.17, 15) is 9.90 Å². The average Bonchev–Trinajstić information content (AvgIpc) is 2.79. The van der Waals surface area contributed by atoms with Crippen LogP contribution < -0.4 is 4.90 Å². The van der Waals surface area contributed by atoms with E-state index in [0.717, 1.165) is 11.3 Å². The van der Waals surface area contributed by atoms with E-state index in [2.05, 4.69) is 4.98 Å². The largest absolute Gasteiger partial charge is 0.478 e. The van der Waals surface area contributed by atoms with E-state index < -0.39 is 5.97 Å². The van der Waals surface area contributed by atoms with Gasteiger partial charge in [-0.2, -0.15) is 0 Å². The van der Waals surface area contributed by atoms with Gasteiger partial charge in [0.15, 0.2) is 0 Å². The van der Waals surface area contributed by atoms with Crippen LogP contribution in [0.15, 0.2) is 29.1 Å². The summed E-state index contributed by atoms with van der Waals surface area (Å²) in [6.07, 6.45) is 3.23. The van der Waals surface area contributed by atoms with Crippen molar-refractivity contribution in [2.75, 3.05) is 11.9 Å². The third-order valence-electron chi connectivity index (χ3n) is 2.90. The standard InChI is InChI=1S/C14H16N2O3/c1-9-6-10(2)15-13(12(9)14(17)18)16(3)7-11-4-5-19-8-11/h4-6,8H,7H2,1-3H3,(H,17,18). The van der Waals surface area contributed by atoms with E-state index in [0.29, 0.717) is 17.9 Å². The predicted octanol–water partition coefficient (Wildman–Crippen LogP) is 2.63. The molecular formula is C14H16N2O3. The molecule has 0 fully saturated rings. The molecule has 0 bridgehead atoms. The van der Waals surface area contributed by atoms with Gasteiger partial charge in [-0.1, -0.05) is 0 Å². The minimum Gasteiger partial charge on any atom is -0.478 e. The molecule has 0 aromatic carbocycles. The molecule has 0 amide bonds. The number of nitrogens with zero attached hydrogens (tertiary/aromatic N) is 2. The van der Waals surface area contributed by atoms with Gasteiger partial charge in [-0.05, 0) is 31.5 Å². The van der Waals surface area contributed by atoms with E-state index in [4.69, 9.17) is 4.42 Å². The Hall–Kier alpha value is -2.30. The van der Waals surface area contributed by atoms with Crippen molar-refractivity contribution in [2.24, 2.45) is 0 Å². The molecule has 0 saturated carbocycles. The van der Waals surface area contributed by atoms with Crippen molar-refractivity contribution in [3.8, 4) is 0 Å². The molecule has 0 aliphatic rings. The predicted molar refractivity (Wildman–Crippen MR) is 71.5 cm³/mol. The van der Waals surface area contributed by atoms with Crippen LogP contribution in [0.25, 0.3) is 0 Å². The third-order valence-corrected chi connectivity index (χ3v) is 2.90. The summed E-state index contributed by atoms with van der Waals surface area (Å²) < 4.78 is 5.01. The molecule has 0 spiro atoms. The van der Waals surface area contributed by atoms with Crippen LogP contribution in [-0.4, -0.2) is 23.1 Å². The van der Waals surface area contributed by atoms with Gasteiger partial charge in [0.05, 0.1) is 12.5 Å². The van der Waals surface area contributed by atoms with Crippen molar-refractivity contribution in [3.63, 3.8) is 0 Å². The molecule has 19 heavy (non-hydrogen) atoms. The first-order valence-electron chi connectivity index (χ1n) is 5.92. The highest BCUT2D eigenvalue weighted by atomic mass is 16.4. The Kier molecular flexibility index (Phi) is 3.55. The Morgan fingerprint density at radius 2 is 2.21 bits per heavy atom. The summed E-state index contributed by atoms with van der Waals surface area (Å²) in [5.74, 6) is -0.481. The number of carboxylic acid groups (broad SMARTS) is 1. The molecule has 0 aliphatic carbocycles. The molecule has 2 aromatic rings. The SMILES string of the molecule is Cc1cc(C)c(C(=O)O)c(N(C)Cc2ccoc2)n1. The van der Waals surface area contributed by atoms with Crippen LogP contribution in [0, 0.1) is 13.8 Å². The van der Waals surface area contributed by atoms with Gasteiger partial charge in [0.1, 0.15) is 11.4 Å². The number of hydrogen-bond donors (Lipinski definition) is 1. The lowest BCUT2D eigenvalue weighted by Crippen LogP contribution is -2.21. The Bertz CT molecular complexity index is 591. The first-order chi connectivity index (χ1) is 8.99. The first kappa shape index (κ1) is 13.1. The second-order valence-electron chi connectivity index (χ2n) is 4.57. The number of pyridine rings is 1. The molecule has 2 rings (SSSR count). The van der Waals surface area contributed by atoms with E-state index in [1.807, 2.05) is 24.9 Å². The van der Waals surface area contributed by atoms with Gasteiger partial charge in [-0.15, -0.1) is 0 Å². The second kappa shape index (κ2) is 5.14. The lowest BCUT2D eigenvalue weighted by atomic mass is 10.1. The molecule has 0 radical (unpaired) electrons. The molecule has 0 atom stereocenters. The third kappa shape index (κ3) is 2.76. The van der Waals surface area contributed by atoms with Gasteiger partial charge in [0.25, 0.3) is 0 Å². The zero-order valence-corrected chi connectivity index (χ0v) is 11.2. The number of aromatic nitrogens is 1. The Labute approximate surface area is 111 Å². The summed E-state index contributed by atoms with van der Waals surface area (Å²) in [6.45, 7) is 4.19. The zero-order valence-electron chi connectivity index (χ0n) is 11.2. The maximum absolute atomic E-state index is 11.4. The maximum Gasteiger partial charge on any atom is 0.339 e. The highest BCUT2D eigenvalue weighted by Gasteiger charge is 2.19. The first-order valence-corrected chi connectivity index (χ1v) is 5.92. The number of rotatable bonds is 4. The van der Waals surface area contributed by atoms with Gasteiger partial charge in [0, 0.05) is 24.8 Å². The van der Waals surface area contributed by atoms with E-state index >= 15 is 0 Å². The van der Waals surface area contributed by atoms with Gasteiger partial charge in [0.2, 0.25) is 0 Å². The van der Waals surface area contributed by atoms with Crippen LogP contribution in [0.2, 0.25) is 0 Å². The summed E-state index contributed by atoms with van der Waals surface area (Å²) in [6, 6.07) is 3.62. The van der Waals surface area contributed by atoms with Gasteiger partial charge >= 0.3 is 5.97 Å². The smallest absolute Gasteiger partial charge is 0.339 e. The number of anilines is 1. The molecule has 0 aliphatic heterocycles. The molecule has 1 N–H and O–H groups in total. The van der Waals surface area contributed by atoms with Crippen LogP contribution in [0.4, 0.5) is 5.82 Å². The molecular weight excluding hydrogens is 244 g/mol. The van der Waals surface area contributed by atoms with Crippen molar-refractivity contribution >= 4 is 11.8 Å². The molecule has 0 unspecified atom stereocenters. The minimum absolute atomic E-state index is 0.247. The Morgan fingerprint density at radius 1 is 1.47 bits per heavy atom. The molecule has 5 nitrogen and oxygen atoms in total. The summed E-state index contributed by atoms with van der Waals surface area (Å²) in [5.41, 5.74) is 2.74. The van der Waals surface area contributed by atoms with Crippen LogP contribution in [0.3, 0.4) is 0 Å². The summed E-state index contributed by atoms with van der Waals surface area (Å²) >= 11 is 0. The number of furan rings is 1. The highest BCUT2D eigenvalue weighted by Crippen LogP contribution is 2.23. The maximum atomic E-state index is 11.4. The Morgan fingerprint density at radius 3 is 2.79 bits per heavy atom. The average molecular weight is 260 g/mol. The number of aryl methyl sites for hydroxylation is 2. The fraction of sp³-hybridized carbons (Fsp3) is 0.286. The van der Waals surface area contributed by atoms with E-state index in [-0.39, 0.29) is 5.56 Å². The second-order valence-corrected chi connectivity index (χ2v) is 4.57. The van der Waals surface area contributed by atoms with Crippen LogP contribution >= 0.6 is 0 Å². The molecule has 0 saturated heterocycles. The topological polar surface area (TPSA) is 66.6 Å². The number of carboxylic acids is 1. The summed E-state index contributed by atoms with van der Waals surface area (Å²) in [4.78, 5) is 17.5. The van der Waals surface area contributed by atoms with Crippen molar-refractivity contribution in [1.82, 2.24) is 4.98 Å².